The highest BCUT2D eigenvalue weighted by Crippen LogP contribution is 2.46. The van der Waals surface area contributed by atoms with Crippen LogP contribution in [-0.4, -0.2) is 45.0 Å². The van der Waals surface area contributed by atoms with E-state index in [0.717, 1.165) is 55.5 Å². The van der Waals surface area contributed by atoms with Crippen molar-refractivity contribution in [2.75, 3.05) is 26.1 Å². The van der Waals surface area contributed by atoms with Gasteiger partial charge in [0.15, 0.2) is 5.78 Å². The van der Waals surface area contributed by atoms with E-state index in [2.05, 4.69) is 5.32 Å². The first kappa shape index (κ1) is 26.0. The highest BCUT2D eigenvalue weighted by Gasteiger charge is 2.47. The molecule has 0 saturated heterocycles. The van der Waals surface area contributed by atoms with Crippen molar-refractivity contribution in [3.63, 3.8) is 0 Å². The van der Waals surface area contributed by atoms with Gasteiger partial charge in [0.2, 0.25) is 0 Å². The molecule has 0 radical (unpaired) electrons. The zero-order valence-electron chi connectivity index (χ0n) is 22.1. The molecule has 3 atom stereocenters. The number of hydrogen-bond acceptors (Lipinski definition) is 7. The topological polar surface area (TPSA) is 84.9 Å². The lowest BCUT2D eigenvalue weighted by Crippen LogP contribution is -2.43. The Kier molecular flexibility index (Phi) is 7.86. The summed E-state index contributed by atoms with van der Waals surface area (Å²) in [5.74, 6) is -2.91. The average molecular weight is 495 g/mol. The summed E-state index contributed by atoms with van der Waals surface area (Å²) < 4.78 is 11.0. The average Bonchev–Trinajstić information content (AvgIpc) is 3.11. The minimum atomic E-state index is -0.892. The molecule has 0 unspecified atom stereocenters. The smallest absolute Gasteiger partial charge is 0.337 e. The lowest BCUT2D eigenvalue weighted by molar-refractivity contribution is -0.151. The summed E-state index contributed by atoms with van der Waals surface area (Å²) in [5.41, 5.74) is 4.24. The van der Waals surface area contributed by atoms with E-state index in [1.54, 1.807) is 0 Å². The first-order chi connectivity index (χ1) is 17.2. The number of allylic oxidation sites excluding steroid dienone is 3. The lowest BCUT2D eigenvalue weighted by atomic mass is 9.69. The number of nitrogens with one attached hydrogen (secondary N) is 1. The number of ketones is 1. The number of benzene rings is 1. The molecule has 1 aromatic carbocycles. The number of carbonyl (C=O) groups is 3. The van der Waals surface area contributed by atoms with Crippen LogP contribution in [0.4, 0.5) is 5.69 Å². The normalized spacial score (nSPS) is 25.0. The van der Waals surface area contributed by atoms with E-state index in [9.17, 15) is 14.4 Å². The van der Waals surface area contributed by atoms with Crippen molar-refractivity contribution in [1.82, 2.24) is 5.32 Å². The van der Waals surface area contributed by atoms with Crippen LogP contribution in [0.2, 0.25) is 0 Å². The second kappa shape index (κ2) is 10.9. The van der Waals surface area contributed by atoms with Gasteiger partial charge in [-0.3, -0.25) is 9.59 Å². The summed E-state index contributed by atoms with van der Waals surface area (Å²) in [7, 11) is 5.24. The molecule has 7 heteroatoms. The number of Topliss-reactive ketones (excluding diaryl/α,β-unsaturated/α-hetero) is 1. The predicted molar refractivity (Wildman–Crippen MR) is 138 cm³/mol. The predicted octanol–water partition coefficient (Wildman–Crippen LogP) is 4.63. The molecule has 1 aliphatic heterocycles. The maximum absolute atomic E-state index is 13.9. The molecular formula is C29H38N2O5. The number of dihydropyridines is 1. The van der Waals surface area contributed by atoms with Crippen LogP contribution in [0.5, 0.6) is 0 Å². The summed E-state index contributed by atoms with van der Waals surface area (Å²) in [6.45, 7) is 3.76. The maximum atomic E-state index is 13.9. The van der Waals surface area contributed by atoms with E-state index >= 15 is 0 Å². The fourth-order valence-corrected chi connectivity index (χ4v) is 5.82. The molecule has 194 valence electrons. The van der Waals surface area contributed by atoms with Crippen LogP contribution in [0.1, 0.15) is 70.3 Å². The highest BCUT2D eigenvalue weighted by atomic mass is 16.5. The van der Waals surface area contributed by atoms with Crippen LogP contribution in [-0.2, 0) is 23.9 Å². The first-order valence-corrected chi connectivity index (χ1v) is 13.0. The van der Waals surface area contributed by atoms with E-state index < -0.39 is 17.8 Å². The number of ether oxygens (including phenoxy) is 2. The number of hydrogen-bond donors (Lipinski definition) is 1. The molecule has 1 aromatic rings. The standard InChI is InChI=1S/C29H38N2O5/c1-17-16-22-26(27(32)23(17)28(33)35-5)25(19-12-14-20(15-13-19)31(3)4)24(18(2)30-22)29(34)36-21-10-8-6-7-9-11-21/h12-15,17,21,23,25,30H,6-11,16H2,1-5H3/t17-,23-,25-/m1/s1. The third-order valence-corrected chi connectivity index (χ3v) is 7.78. The minimum Gasteiger partial charge on any atom is -0.468 e. The summed E-state index contributed by atoms with van der Waals surface area (Å²) in [5, 5.41) is 3.34. The Labute approximate surface area is 213 Å². The van der Waals surface area contributed by atoms with Crippen LogP contribution < -0.4 is 10.2 Å². The molecule has 3 aliphatic rings. The van der Waals surface area contributed by atoms with E-state index in [-0.39, 0.29) is 23.8 Å². The van der Waals surface area contributed by atoms with Gasteiger partial charge in [-0.05, 0) is 62.6 Å². The van der Waals surface area contributed by atoms with Crippen molar-refractivity contribution in [1.29, 1.82) is 0 Å². The quantitative estimate of drug-likeness (QED) is 0.363. The van der Waals surface area contributed by atoms with Gasteiger partial charge in [-0.15, -0.1) is 0 Å². The number of esters is 2. The molecule has 1 saturated carbocycles. The Morgan fingerprint density at radius 2 is 1.67 bits per heavy atom. The van der Waals surface area contributed by atoms with Crippen LogP contribution >= 0.6 is 0 Å². The van der Waals surface area contributed by atoms with Gasteiger partial charge >= 0.3 is 11.9 Å². The van der Waals surface area contributed by atoms with Gasteiger partial charge in [-0.2, -0.15) is 0 Å². The number of nitrogens with zero attached hydrogens (tertiary/aromatic N) is 1. The molecular weight excluding hydrogens is 456 g/mol. The third-order valence-electron chi connectivity index (χ3n) is 7.78. The van der Waals surface area contributed by atoms with Crippen LogP contribution in [0.3, 0.4) is 0 Å². The summed E-state index contributed by atoms with van der Waals surface area (Å²) in [6.07, 6.45) is 6.57. The summed E-state index contributed by atoms with van der Waals surface area (Å²) >= 11 is 0. The van der Waals surface area contributed by atoms with Gasteiger partial charge < -0.3 is 19.7 Å². The van der Waals surface area contributed by atoms with Gasteiger partial charge in [0.25, 0.3) is 0 Å². The van der Waals surface area contributed by atoms with Crippen molar-refractivity contribution in [3.05, 3.63) is 52.4 Å². The van der Waals surface area contributed by atoms with Crippen LogP contribution in [0.25, 0.3) is 0 Å². The molecule has 0 spiro atoms. The molecule has 4 rings (SSSR count). The molecule has 1 N–H and O–H groups in total. The highest BCUT2D eigenvalue weighted by molar-refractivity contribution is 6.12. The van der Waals surface area contributed by atoms with Crippen molar-refractivity contribution in [3.8, 4) is 0 Å². The van der Waals surface area contributed by atoms with Gasteiger partial charge in [-0.25, -0.2) is 4.79 Å². The molecule has 36 heavy (non-hydrogen) atoms. The third kappa shape index (κ3) is 5.06. The Hall–Kier alpha value is -3.09. The Morgan fingerprint density at radius 1 is 1.03 bits per heavy atom. The SMILES string of the molecule is COC(=O)[C@H]1C(=O)C2=C(C[C@H]1C)NC(C)=C(C(=O)OC1CCCCCC1)[C@H]2c1ccc(N(C)C)cc1. The second-order valence-corrected chi connectivity index (χ2v) is 10.5. The van der Waals surface area contributed by atoms with Gasteiger partial charge in [0, 0.05) is 42.7 Å². The molecule has 0 amide bonds. The maximum Gasteiger partial charge on any atom is 0.337 e. The Morgan fingerprint density at radius 3 is 2.25 bits per heavy atom. The van der Waals surface area contributed by atoms with Crippen molar-refractivity contribution < 1.29 is 23.9 Å². The van der Waals surface area contributed by atoms with Gasteiger partial charge in [0.1, 0.15) is 12.0 Å². The summed E-state index contributed by atoms with van der Waals surface area (Å²) in [4.78, 5) is 42.2. The lowest BCUT2D eigenvalue weighted by Gasteiger charge is -2.38. The van der Waals surface area contributed by atoms with E-state index in [4.69, 9.17) is 9.47 Å². The first-order valence-electron chi connectivity index (χ1n) is 13.0. The largest absolute Gasteiger partial charge is 0.468 e. The number of methoxy groups -OCH3 is 1. The van der Waals surface area contributed by atoms with E-state index in [1.807, 2.05) is 57.1 Å². The molecule has 0 bridgehead atoms. The van der Waals surface area contributed by atoms with Crippen LogP contribution in [0.15, 0.2) is 46.8 Å². The molecule has 1 heterocycles. The number of carbonyl (C=O) groups excluding carboxylic acids is 3. The zero-order valence-corrected chi connectivity index (χ0v) is 22.1. The second-order valence-electron chi connectivity index (χ2n) is 10.5. The zero-order chi connectivity index (χ0) is 26.0. The molecule has 7 nitrogen and oxygen atoms in total. The van der Waals surface area contributed by atoms with Crippen LogP contribution in [0, 0.1) is 11.8 Å². The number of rotatable bonds is 5. The van der Waals surface area contributed by atoms with Crippen molar-refractivity contribution >= 4 is 23.4 Å². The van der Waals surface area contributed by atoms with Crippen molar-refractivity contribution in [2.24, 2.45) is 11.8 Å². The van der Waals surface area contributed by atoms with Gasteiger partial charge in [0.05, 0.1) is 12.7 Å². The monoisotopic (exact) mass is 494 g/mol. The molecule has 2 aliphatic carbocycles. The molecule has 0 aromatic heterocycles. The number of anilines is 1. The Balaban J connectivity index is 1.77. The Bertz CT molecular complexity index is 1080. The fraction of sp³-hybridized carbons (Fsp3) is 0.552. The fourth-order valence-electron chi connectivity index (χ4n) is 5.82. The van der Waals surface area contributed by atoms with E-state index in [1.165, 1.54) is 7.11 Å². The minimum absolute atomic E-state index is 0.114. The molecule has 1 fully saturated rings. The van der Waals surface area contributed by atoms with E-state index in [0.29, 0.717) is 23.3 Å². The van der Waals surface area contributed by atoms with Crippen molar-refractivity contribution in [2.45, 2.75) is 70.8 Å². The van der Waals surface area contributed by atoms with Gasteiger partial charge in [-0.1, -0.05) is 31.9 Å². The summed E-state index contributed by atoms with van der Waals surface area (Å²) in [6, 6.07) is 7.88.